The lowest BCUT2D eigenvalue weighted by molar-refractivity contribution is -0.120. The molecule has 7 heteroatoms. The van der Waals surface area contributed by atoms with Crippen molar-refractivity contribution in [1.82, 2.24) is 5.32 Å². The molecule has 0 fully saturated rings. The Kier molecular flexibility index (Phi) is 8.57. The fourth-order valence-corrected chi connectivity index (χ4v) is 5.23. The van der Waals surface area contributed by atoms with E-state index in [1.165, 1.54) is 4.31 Å². The minimum absolute atomic E-state index is 0.144. The van der Waals surface area contributed by atoms with E-state index in [-0.39, 0.29) is 23.4 Å². The molecule has 0 radical (unpaired) electrons. The van der Waals surface area contributed by atoms with E-state index in [1.807, 2.05) is 50.2 Å². The van der Waals surface area contributed by atoms with Crippen molar-refractivity contribution in [3.63, 3.8) is 0 Å². The number of sulfonamides is 1. The maximum absolute atomic E-state index is 13.6. The average molecular weight is 495 g/mol. The van der Waals surface area contributed by atoms with Crippen molar-refractivity contribution >= 4 is 21.6 Å². The van der Waals surface area contributed by atoms with Gasteiger partial charge in [0.1, 0.15) is 12.3 Å². The van der Waals surface area contributed by atoms with Crippen molar-refractivity contribution < 1.29 is 17.9 Å². The Balaban J connectivity index is 1.90. The van der Waals surface area contributed by atoms with E-state index in [2.05, 4.69) is 19.2 Å². The molecule has 0 aliphatic carbocycles. The molecule has 35 heavy (non-hydrogen) atoms. The highest BCUT2D eigenvalue weighted by Crippen LogP contribution is 2.27. The van der Waals surface area contributed by atoms with Gasteiger partial charge in [-0.05, 0) is 66.8 Å². The summed E-state index contributed by atoms with van der Waals surface area (Å²) in [5, 5.41) is 3.00. The molecule has 3 rings (SSSR count). The fourth-order valence-electron chi connectivity index (χ4n) is 3.81. The van der Waals surface area contributed by atoms with Gasteiger partial charge in [-0.3, -0.25) is 9.10 Å². The SMILES string of the molecule is CC[C@@H](NC(=O)CN(c1ccc(C(C)C)cc1)S(=O)(=O)c1ccc(C)cc1)c1ccc(OC)cc1. The molecule has 0 heterocycles. The van der Waals surface area contributed by atoms with Crippen LogP contribution in [0.25, 0.3) is 0 Å². The summed E-state index contributed by atoms with van der Waals surface area (Å²) in [6, 6.07) is 21.2. The van der Waals surface area contributed by atoms with Gasteiger partial charge < -0.3 is 10.1 Å². The molecule has 186 valence electrons. The quantitative estimate of drug-likeness (QED) is 0.399. The van der Waals surface area contributed by atoms with Crippen molar-refractivity contribution in [3.05, 3.63) is 89.5 Å². The first-order chi connectivity index (χ1) is 16.6. The predicted octanol–water partition coefficient (Wildman–Crippen LogP) is 5.59. The highest BCUT2D eigenvalue weighted by Gasteiger charge is 2.28. The first kappa shape index (κ1) is 26.3. The van der Waals surface area contributed by atoms with Gasteiger partial charge in [0.15, 0.2) is 0 Å². The molecule has 0 spiro atoms. The zero-order valence-electron chi connectivity index (χ0n) is 21.0. The summed E-state index contributed by atoms with van der Waals surface area (Å²) < 4.78 is 33.6. The number of ether oxygens (including phenoxy) is 1. The van der Waals surface area contributed by atoms with Gasteiger partial charge in [-0.2, -0.15) is 0 Å². The number of nitrogens with one attached hydrogen (secondary N) is 1. The summed E-state index contributed by atoms with van der Waals surface area (Å²) in [7, 11) is -2.36. The third kappa shape index (κ3) is 6.42. The number of methoxy groups -OCH3 is 1. The molecule has 3 aromatic carbocycles. The van der Waals surface area contributed by atoms with Crippen LogP contribution in [0.5, 0.6) is 5.75 Å². The Labute approximate surface area is 209 Å². The molecule has 1 amide bonds. The lowest BCUT2D eigenvalue weighted by atomic mass is 10.0. The predicted molar refractivity (Wildman–Crippen MR) is 140 cm³/mol. The van der Waals surface area contributed by atoms with Crippen LogP contribution in [0.2, 0.25) is 0 Å². The number of rotatable bonds is 10. The van der Waals surface area contributed by atoms with E-state index in [0.717, 1.165) is 22.4 Å². The van der Waals surface area contributed by atoms with E-state index in [4.69, 9.17) is 4.74 Å². The second-order valence-electron chi connectivity index (χ2n) is 8.87. The van der Waals surface area contributed by atoms with Gasteiger partial charge >= 0.3 is 0 Å². The number of benzene rings is 3. The van der Waals surface area contributed by atoms with Crippen LogP contribution in [0, 0.1) is 6.92 Å². The second-order valence-corrected chi connectivity index (χ2v) is 10.7. The highest BCUT2D eigenvalue weighted by atomic mass is 32.2. The molecule has 0 unspecified atom stereocenters. The van der Waals surface area contributed by atoms with Crippen LogP contribution in [0.4, 0.5) is 5.69 Å². The van der Waals surface area contributed by atoms with Crippen LogP contribution in [-0.4, -0.2) is 28.0 Å². The minimum Gasteiger partial charge on any atom is -0.497 e. The van der Waals surface area contributed by atoms with Crippen LogP contribution < -0.4 is 14.4 Å². The standard InChI is InChI=1S/C28H34N2O4S/c1-6-27(23-11-15-25(34-5)16-12-23)29-28(31)19-30(24-13-9-22(10-14-24)20(2)3)35(32,33)26-17-7-21(4)8-18-26/h7-18,20,27H,6,19H2,1-5H3,(H,29,31)/t27-/m1/s1. The lowest BCUT2D eigenvalue weighted by Gasteiger charge is -2.26. The summed E-state index contributed by atoms with van der Waals surface area (Å²) in [5.74, 6) is 0.663. The third-order valence-electron chi connectivity index (χ3n) is 6.01. The molecule has 0 aliphatic heterocycles. The van der Waals surface area contributed by atoms with Gasteiger partial charge in [0.25, 0.3) is 10.0 Å². The summed E-state index contributed by atoms with van der Waals surface area (Å²) in [6.45, 7) is 7.70. The van der Waals surface area contributed by atoms with E-state index < -0.39 is 10.0 Å². The van der Waals surface area contributed by atoms with Crippen molar-refractivity contribution in [2.75, 3.05) is 18.0 Å². The molecule has 1 atom stereocenters. The molecule has 3 aromatic rings. The normalized spacial score (nSPS) is 12.3. The summed E-state index contributed by atoms with van der Waals surface area (Å²) in [6.07, 6.45) is 0.659. The van der Waals surface area contributed by atoms with Crippen molar-refractivity contribution in [2.24, 2.45) is 0 Å². The van der Waals surface area contributed by atoms with Crippen LogP contribution in [0.1, 0.15) is 55.8 Å². The van der Waals surface area contributed by atoms with E-state index in [1.54, 1.807) is 43.5 Å². The largest absolute Gasteiger partial charge is 0.497 e. The first-order valence-electron chi connectivity index (χ1n) is 11.8. The number of amides is 1. The smallest absolute Gasteiger partial charge is 0.264 e. The average Bonchev–Trinajstić information content (AvgIpc) is 2.86. The Morgan fingerprint density at radius 3 is 2.00 bits per heavy atom. The number of aryl methyl sites for hydroxylation is 1. The van der Waals surface area contributed by atoms with E-state index >= 15 is 0 Å². The van der Waals surface area contributed by atoms with Crippen molar-refractivity contribution in [2.45, 2.75) is 51.0 Å². The van der Waals surface area contributed by atoms with Gasteiger partial charge in [0, 0.05) is 0 Å². The Morgan fingerprint density at radius 1 is 0.914 bits per heavy atom. The zero-order valence-corrected chi connectivity index (χ0v) is 21.8. The number of hydrogen-bond donors (Lipinski definition) is 1. The lowest BCUT2D eigenvalue weighted by Crippen LogP contribution is -2.42. The van der Waals surface area contributed by atoms with Crippen LogP contribution in [-0.2, 0) is 14.8 Å². The zero-order chi connectivity index (χ0) is 25.6. The van der Waals surface area contributed by atoms with Gasteiger partial charge in [-0.25, -0.2) is 8.42 Å². The Hall–Kier alpha value is -3.32. The van der Waals surface area contributed by atoms with E-state index in [0.29, 0.717) is 18.0 Å². The molecule has 0 aromatic heterocycles. The Bertz CT molecular complexity index is 1220. The van der Waals surface area contributed by atoms with E-state index in [9.17, 15) is 13.2 Å². The van der Waals surface area contributed by atoms with Crippen molar-refractivity contribution in [3.8, 4) is 5.75 Å². The molecule has 6 nitrogen and oxygen atoms in total. The number of hydrogen-bond acceptors (Lipinski definition) is 4. The third-order valence-corrected chi connectivity index (χ3v) is 7.79. The fraction of sp³-hybridized carbons (Fsp3) is 0.321. The number of carbonyl (C=O) groups excluding carboxylic acids is 1. The topological polar surface area (TPSA) is 75.7 Å². The van der Waals surface area contributed by atoms with Gasteiger partial charge in [-0.15, -0.1) is 0 Å². The minimum atomic E-state index is -3.96. The van der Waals surface area contributed by atoms with Gasteiger partial charge in [0.2, 0.25) is 5.91 Å². The molecular formula is C28H34N2O4S. The highest BCUT2D eigenvalue weighted by molar-refractivity contribution is 7.92. The van der Waals surface area contributed by atoms with Crippen molar-refractivity contribution in [1.29, 1.82) is 0 Å². The van der Waals surface area contributed by atoms with Gasteiger partial charge in [0.05, 0.1) is 23.7 Å². The van der Waals surface area contributed by atoms with Crippen LogP contribution in [0.3, 0.4) is 0 Å². The summed E-state index contributed by atoms with van der Waals surface area (Å²) in [5.41, 5.74) is 3.43. The number of anilines is 1. The molecule has 1 N–H and O–H groups in total. The molecule has 0 saturated heterocycles. The summed E-state index contributed by atoms with van der Waals surface area (Å²) >= 11 is 0. The number of nitrogens with zero attached hydrogens (tertiary/aromatic N) is 1. The second kappa shape index (κ2) is 11.4. The maximum Gasteiger partial charge on any atom is 0.264 e. The Morgan fingerprint density at radius 2 is 1.49 bits per heavy atom. The molecule has 0 aliphatic rings. The monoisotopic (exact) mass is 494 g/mol. The molecule has 0 bridgehead atoms. The maximum atomic E-state index is 13.6. The van der Waals surface area contributed by atoms with Crippen LogP contribution in [0.15, 0.2) is 77.7 Å². The molecule has 0 saturated carbocycles. The summed E-state index contributed by atoms with van der Waals surface area (Å²) in [4.78, 5) is 13.3. The number of carbonyl (C=O) groups is 1. The van der Waals surface area contributed by atoms with Crippen LogP contribution >= 0.6 is 0 Å². The first-order valence-corrected chi connectivity index (χ1v) is 13.2. The molecular weight excluding hydrogens is 460 g/mol. The van der Waals surface area contributed by atoms with Gasteiger partial charge in [-0.1, -0.05) is 62.7 Å².